The SMILES string of the molecule is C=CCn1c(COc2ccc(Cl)cc2)nnc1SCC(=O)Nc1cc(Cl)c(Cl)cc1Cl. The number of hydrogen-bond acceptors (Lipinski definition) is 5. The third-order valence-electron chi connectivity index (χ3n) is 3.90. The van der Waals surface area contributed by atoms with Crippen LogP contribution in [0.3, 0.4) is 0 Å². The van der Waals surface area contributed by atoms with E-state index in [0.717, 1.165) is 0 Å². The number of ether oxygens (including phenoxy) is 1. The molecule has 0 aliphatic rings. The van der Waals surface area contributed by atoms with Crippen LogP contribution in [-0.4, -0.2) is 26.4 Å². The zero-order chi connectivity index (χ0) is 22.4. The second-order valence-electron chi connectivity index (χ2n) is 6.12. The van der Waals surface area contributed by atoms with Crippen molar-refractivity contribution < 1.29 is 9.53 Å². The minimum atomic E-state index is -0.280. The van der Waals surface area contributed by atoms with Crippen molar-refractivity contribution in [1.82, 2.24) is 14.8 Å². The summed E-state index contributed by atoms with van der Waals surface area (Å²) in [5, 5.41) is 13.1. The summed E-state index contributed by atoms with van der Waals surface area (Å²) in [5.74, 6) is 1.07. The molecule has 162 valence electrons. The van der Waals surface area contributed by atoms with Gasteiger partial charge in [0.15, 0.2) is 11.0 Å². The number of nitrogens with zero attached hydrogens (tertiary/aromatic N) is 3. The Bertz CT molecular complexity index is 1090. The molecule has 0 aliphatic carbocycles. The van der Waals surface area contributed by atoms with E-state index in [4.69, 9.17) is 51.1 Å². The van der Waals surface area contributed by atoms with Crippen molar-refractivity contribution in [3.05, 3.63) is 75.0 Å². The van der Waals surface area contributed by atoms with Crippen LogP contribution in [0.4, 0.5) is 5.69 Å². The van der Waals surface area contributed by atoms with E-state index in [9.17, 15) is 4.79 Å². The quantitative estimate of drug-likeness (QED) is 0.202. The first-order valence-electron chi connectivity index (χ1n) is 8.86. The molecule has 11 heteroatoms. The van der Waals surface area contributed by atoms with Crippen LogP contribution in [0.15, 0.2) is 54.2 Å². The third-order valence-corrected chi connectivity index (χ3v) is 6.16. The number of rotatable bonds is 9. The first kappa shape index (κ1) is 23.8. The molecule has 1 N–H and O–H groups in total. The Morgan fingerprint density at radius 2 is 1.81 bits per heavy atom. The van der Waals surface area contributed by atoms with Gasteiger partial charge in [-0.3, -0.25) is 9.36 Å². The molecule has 0 saturated heterocycles. The highest BCUT2D eigenvalue weighted by molar-refractivity contribution is 7.99. The van der Waals surface area contributed by atoms with E-state index in [-0.39, 0.29) is 18.3 Å². The van der Waals surface area contributed by atoms with Gasteiger partial charge in [-0.25, -0.2) is 0 Å². The van der Waals surface area contributed by atoms with E-state index in [1.807, 2.05) is 4.57 Å². The number of halogens is 4. The molecular formula is C20H16Cl4N4O2S. The molecular weight excluding hydrogens is 502 g/mol. The maximum atomic E-state index is 12.4. The molecule has 0 saturated carbocycles. The van der Waals surface area contributed by atoms with Crippen LogP contribution in [0.5, 0.6) is 5.75 Å². The van der Waals surface area contributed by atoms with Crippen molar-refractivity contribution in [1.29, 1.82) is 0 Å². The average Bonchev–Trinajstić information content (AvgIpc) is 3.12. The summed E-state index contributed by atoms with van der Waals surface area (Å²) in [6, 6.07) is 10.00. The predicted molar refractivity (Wildman–Crippen MR) is 127 cm³/mol. The van der Waals surface area contributed by atoms with Gasteiger partial charge in [0, 0.05) is 11.6 Å². The summed E-state index contributed by atoms with van der Waals surface area (Å²) in [5.41, 5.74) is 0.381. The van der Waals surface area contributed by atoms with Crippen LogP contribution in [0, 0.1) is 0 Å². The van der Waals surface area contributed by atoms with Gasteiger partial charge >= 0.3 is 0 Å². The zero-order valence-corrected chi connectivity index (χ0v) is 19.8. The summed E-state index contributed by atoms with van der Waals surface area (Å²) >= 11 is 25.1. The molecule has 0 bridgehead atoms. The number of thioether (sulfide) groups is 1. The molecule has 1 heterocycles. The summed E-state index contributed by atoms with van der Waals surface area (Å²) < 4.78 is 7.57. The maximum Gasteiger partial charge on any atom is 0.234 e. The van der Waals surface area contributed by atoms with Crippen LogP contribution in [-0.2, 0) is 17.9 Å². The average molecular weight is 518 g/mol. The first-order valence-corrected chi connectivity index (χ1v) is 11.4. The fourth-order valence-corrected chi connectivity index (χ4v) is 3.95. The Morgan fingerprint density at radius 1 is 1.10 bits per heavy atom. The number of carbonyl (C=O) groups is 1. The molecule has 0 fully saturated rings. The van der Waals surface area contributed by atoms with E-state index >= 15 is 0 Å². The standard InChI is InChI=1S/C20H16Cl4N4O2S/c1-2-7-28-18(10-30-13-5-3-12(21)4-6-13)26-27-20(28)31-11-19(29)25-17-9-15(23)14(22)8-16(17)24/h2-6,8-9H,1,7,10-11H2,(H,25,29). The van der Waals surface area contributed by atoms with Gasteiger partial charge in [-0.15, -0.1) is 16.8 Å². The lowest BCUT2D eigenvalue weighted by atomic mass is 10.3. The molecule has 3 rings (SSSR count). The van der Waals surface area contributed by atoms with Crippen LogP contribution in [0.2, 0.25) is 20.1 Å². The minimum Gasteiger partial charge on any atom is -0.486 e. The van der Waals surface area contributed by atoms with Gasteiger partial charge < -0.3 is 10.1 Å². The van der Waals surface area contributed by atoms with Gasteiger partial charge in [-0.05, 0) is 36.4 Å². The fraction of sp³-hybridized carbons (Fsp3) is 0.150. The number of benzene rings is 2. The predicted octanol–water partition coefficient (Wildman–Crippen LogP) is 6.39. The Balaban J connectivity index is 1.63. The van der Waals surface area contributed by atoms with Crippen LogP contribution in [0.25, 0.3) is 0 Å². The molecule has 2 aromatic carbocycles. The summed E-state index contributed by atoms with van der Waals surface area (Å²) in [4.78, 5) is 12.4. The Kier molecular flexibility index (Phi) is 8.51. The summed E-state index contributed by atoms with van der Waals surface area (Å²) in [6.45, 7) is 4.43. The highest BCUT2D eigenvalue weighted by Gasteiger charge is 2.15. The topological polar surface area (TPSA) is 69.0 Å². The van der Waals surface area contributed by atoms with Gasteiger partial charge in [-0.2, -0.15) is 0 Å². The maximum absolute atomic E-state index is 12.4. The first-order chi connectivity index (χ1) is 14.9. The highest BCUT2D eigenvalue weighted by Crippen LogP contribution is 2.32. The van der Waals surface area contributed by atoms with Crippen molar-refractivity contribution in [2.45, 2.75) is 18.3 Å². The van der Waals surface area contributed by atoms with Gasteiger partial charge in [0.05, 0.1) is 26.5 Å². The van der Waals surface area contributed by atoms with Crippen molar-refractivity contribution >= 4 is 69.8 Å². The third kappa shape index (κ3) is 6.54. The van der Waals surface area contributed by atoms with Crippen LogP contribution >= 0.6 is 58.2 Å². The molecule has 6 nitrogen and oxygen atoms in total. The number of hydrogen-bond donors (Lipinski definition) is 1. The Morgan fingerprint density at radius 3 is 2.52 bits per heavy atom. The molecule has 31 heavy (non-hydrogen) atoms. The van der Waals surface area contributed by atoms with E-state index in [0.29, 0.717) is 49.1 Å². The van der Waals surface area contributed by atoms with Crippen LogP contribution < -0.4 is 10.1 Å². The molecule has 1 aromatic heterocycles. The second kappa shape index (κ2) is 11.1. The van der Waals surface area contributed by atoms with E-state index in [2.05, 4.69) is 22.1 Å². The lowest BCUT2D eigenvalue weighted by Gasteiger charge is -2.10. The van der Waals surface area contributed by atoms with Gasteiger partial charge in [0.2, 0.25) is 5.91 Å². The van der Waals surface area contributed by atoms with Crippen molar-refractivity contribution in [3.8, 4) is 5.75 Å². The van der Waals surface area contributed by atoms with Crippen molar-refractivity contribution in [2.75, 3.05) is 11.1 Å². The molecule has 0 spiro atoms. The van der Waals surface area contributed by atoms with Gasteiger partial charge in [0.25, 0.3) is 0 Å². The number of allylic oxidation sites excluding steroid dienone is 1. The molecule has 0 atom stereocenters. The molecule has 0 aliphatic heterocycles. The van der Waals surface area contributed by atoms with E-state index in [1.54, 1.807) is 30.3 Å². The monoisotopic (exact) mass is 516 g/mol. The Hall–Kier alpha value is -1.90. The number of nitrogens with one attached hydrogen (secondary N) is 1. The normalized spacial score (nSPS) is 10.7. The minimum absolute atomic E-state index is 0.0872. The zero-order valence-electron chi connectivity index (χ0n) is 15.9. The summed E-state index contributed by atoms with van der Waals surface area (Å²) in [7, 11) is 0. The molecule has 0 unspecified atom stereocenters. The van der Waals surface area contributed by atoms with Gasteiger partial charge in [0.1, 0.15) is 12.4 Å². The molecule has 1 amide bonds. The summed E-state index contributed by atoms with van der Waals surface area (Å²) in [6.07, 6.45) is 1.72. The number of anilines is 1. The van der Waals surface area contributed by atoms with Crippen molar-refractivity contribution in [2.24, 2.45) is 0 Å². The van der Waals surface area contributed by atoms with Crippen LogP contribution in [0.1, 0.15) is 5.82 Å². The highest BCUT2D eigenvalue weighted by atomic mass is 35.5. The molecule has 0 radical (unpaired) electrons. The lowest BCUT2D eigenvalue weighted by Crippen LogP contribution is -2.15. The fourth-order valence-electron chi connectivity index (χ4n) is 2.46. The number of amides is 1. The lowest BCUT2D eigenvalue weighted by molar-refractivity contribution is -0.113. The smallest absolute Gasteiger partial charge is 0.234 e. The Labute approximate surface area is 203 Å². The number of carbonyl (C=O) groups excluding carboxylic acids is 1. The molecule has 3 aromatic rings. The largest absolute Gasteiger partial charge is 0.486 e. The van der Waals surface area contributed by atoms with E-state index in [1.165, 1.54) is 23.9 Å². The van der Waals surface area contributed by atoms with E-state index < -0.39 is 0 Å². The van der Waals surface area contributed by atoms with Crippen molar-refractivity contribution in [3.63, 3.8) is 0 Å². The second-order valence-corrected chi connectivity index (χ2v) is 8.72. The number of aromatic nitrogens is 3. The van der Waals surface area contributed by atoms with Gasteiger partial charge in [-0.1, -0.05) is 64.2 Å².